The van der Waals surface area contributed by atoms with Crippen molar-refractivity contribution >= 4 is 21.0 Å². The number of methoxy groups -OCH3 is 1. The van der Waals surface area contributed by atoms with E-state index in [0.717, 1.165) is 22.0 Å². The molecule has 3 aromatic carbocycles. The number of aliphatic hydroxyl groups excluding tert-OH is 1. The molecule has 0 bridgehead atoms. The fourth-order valence-electron chi connectivity index (χ4n) is 3.74. The van der Waals surface area contributed by atoms with Gasteiger partial charge in [0, 0.05) is 12.3 Å². The Morgan fingerprint density at radius 2 is 1.69 bits per heavy atom. The third-order valence-corrected chi connectivity index (χ3v) is 6.74. The van der Waals surface area contributed by atoms with E-state index in [1.807, 2.05) is 72.3 Å². The summed E-state index contributed by atoms with van der Waals surface area (Å²) in [6, 6.07) is 22.9. The van der Waals surface area contributed by atoms with Gasteiger partial charge < -0.3 is 14.4 Å². The van der Waals surface area contributed by atoms with Crippen molar-refractivity contribution in [2.75, 3.05) is 13.7 Å². The molecule has 32 heavy (non-hydrogen) atoms. The molecule has 0 fully saturated rings. The Bertz CT molecular complexity index is 1300. The molecule has 166 valence electrons. The molecule has 6 nitrogen and oxygen atoms in total. The van der Waals surface area contributed by atoms with Gasteiger partial charge in [0.1, 0.15) is 11.9 Å². The molecular formula is C25H25NO5S. The molecule has 7 heteroatoms. The molecular weight excluding hydrogens is 426 g/mol. The lowest BCUT2D eigenvalue weighted by Gasteiger charge is -2.26. The van der Waals surface area contributed by atoms with Crippen molar-refractivity contribution in [1.29, 1.82) is 0 Å². The molecule has 0 radical (unpaired) electrons. The van der Waals surface area contributed by atoms with Crippen LogP contribution < -0.4 is 4.74 Å². The first kappa shape index (κ1) is 22.1. The summed E-state index contributed by atoms with van der Waals surface area (Å²) in [6.07, 6.45) is 0.749. The zero-order valence-electron chi connectivity index (χ0n) is 17.9. The summed E-state index contributed by atoms with van der Waals surface area (Å²) in [5.74, 6) is 0.692. The molecule has 0 spiro atoms. The van der Waals surface area contributed by atoms with Gasteiger partial charge >= 0.3 is 0 Å². The van der Waals surface area contributed by atoms with E-state index in [1.54, 1.807) is 19.2 Å². The van der Waals surface area contributed by atoms with Crippen LogP contribution in [-0.4, -0.2) is 37.9 Å². The molecule has 0 saturated carbocycles. The average Bonchev–Trinajstić information content (AvgIpc) is 3.22. The van der Waals surface area contributed by atoms with E-state index in [-0.39, 0.29) is 11.5 Å². The van der Waals surface area contributed by atoms with Gasteiger partial charge in [-0.1, -0.05) is 48.0 Å². The second-order valence-corrected chi connectivity index (χ2v) is 9.24. The van der Waals surface area contributed by atoms with Crippen LogP contribution in [0.2, 0.25) is 0 Å². The van der Waals surface area contributed by atoms with E-state index in [0.29, 0.717) is 5.75 Å². The second kappa shape index (κ2) is 9.16. The van der Waals surface area contributed by atoms with Crippen molar-refractivity contribution in [1.82, 2.24) is 4.57 Å². The second-order valence-electron chi connectivity index (χ2n) is 7.62. The van der Waals surface area contributed by atoms with Crippen molar-refractivity contribution in [2.24, 2.45) is 0 Å². The lowest BCUT2D eigenvalue weighted by molar-refractivity contribution is 0.0785. The molecule has 1 heterocycles. The number of benzene rings is 3. The van der Waals surface area contributed by atoms with Gasteiger partial charge in [-0.15, -0.1) is 0 Å². The summed E-state index contributed by atoms with van der Waals surface area (Å²) in [5.41, 5.74) is 2.64. The summed E-state index contributed by atoms with van der Waals surface area (Å²) in [7, 11) is -2.40. The largest absolute Gasteiger partial charge is 0.497 e. The van der Waals surface area contributed by atoms with Gasteiger partial charge in [-0.3, -0.25) is 4.18 Å². The first-order valence-corrected chi connectivity index (χ1v) is 11.6. The summed E-state index contributed by atoms with van der Waals surface area (Å²) < 4.78 is 37.8. The maximum absolute atomic E-state index is 12.6. The van der Waals surface area contributed by atoms with E-state index < -0.39 is 22.3 Å². The predicted octanol–water partition coefficient (Wildman–Crippen LogP) is 4.31. The van der Waals surface area contributed by atoms with E-state index >= 15 is 0 Å². The first-order chi connectivity index (χ1) is 15.4. The van der Waals surface area contributed by atoms with Crippen LogP contribution in [0.25, 0.3) is 10.9 Å². The number of rotatable bonds is 8. The average molecular weight is 452 g/mol. The molecule has 1 N–H and O–H groups in total. The third-order valence-electron chi connectivity index (χ3n) is 5.44. The van der Waals surface area contributed by atoms with Gasteiger partial charge in [-0.25, -0.2) is 0 Å². The molecule has 0 amide bonds. The fourth-order valence-corrected chi connectivity index (χ4v) is 4.66. The molecule has 2 atom stereocenters. The van der Waals surface area contributed by atoms with Gasteiger partial charge in [0.2, 0.25) is 0 Å². The van der Waals surface area contributed by atoms with Crippen molar-refractivity contribution in [2.45, 2.75) is 24.0 Å². The monoisotopic (exact) mass is 451 g/mol. The molecule has 1 aromatic heterocycles. The van der Waals surface area contributed by atoms with Crippen LogP contribution in [0, 0.1) is 6.92 Å². The van der Waals surface area contributed by atoms with E-state index in [1.165, 1.54) is 12.1 Å². The highest BCUT2D eigenvalue weighted by Crippen LogP contribution is 2.30. The van der Waals surface area contributed by atoms with E-state index in [9.17, 15) is 13.5 Å². The molecule has 4 rings (SSSR count). The number of aryl methyl sites for hydroxylation is 1. The lowest BCUT2D eigenvalue weighted by Crippen LogP contribution is -2.30. The van der Waals surface area contributed by atoms with Crippen LogP contribution in [0.4, 0.5) is 0 Å². The zero-order chi connectivity index (χ0) is 22.7. The maximum atomic E-state index is 12.6. The topological polar surface area (TPSA) is 77.8 Å². The quantitative estimate of drug-likeness (QED) is 0.404. The standard InChI is InChI=1S/C25H25NO5S/c1-18-8-12-22(13-9-18)32(28,29)31-17-24(27)25(20-6-4-3-5-7-20)26-15-14-19-10-11-21(30-2)16-23(19)26/h3-16,24-25,27H,17H2,1-2H3. The molecule has 4 aromatic rings. The van der Waals surface area contributed by atoms with Crippen LogP contribution in [0.5, 0.6) is 5.75 Å². The summed E-state index contributed by atoms with van der Waals surface area (Å²) in [6.45, 7) is 1.49. The van der Waals surface area contributed by atoms with Crippen molar-refractivity contribution in [3.05, 3.63) is 96.2 Å². The molecule has 0 aliphatic rings. The number of nitrogens with zero attached hydrogens (tertiary/aromatic N) is 1. The van der Waals surface area contributed by atoms with Gasteiger partial charge in [-0.05, 0) is 48.2 Å². The van der Waals surface area contributed by atoms with Crippen LogP contribution >= 0.6 is 0 Å². The minimum Gasteiger partial charge on any atom is -0.497 e. The lowest BCUT2D eigenvalue weighted by atomic mass is 10.0. The third kappa shape index (κ3) is 4.55. The van der Waals surface area contributed by atoms with Gasteiger partial charge in [0.25, 0.3) is 10.1 Å². The zero-order valence-corrected chi connectivity index (χ0v) is 18.7. The highest BCUT2D eigenvalue weighted by molar-refractivity contribution is 7.86. The summed E-state index contributed by atoms with van der Waals surface area (Å²) >= 11 is 0. The van der Waals surface area contributed by atoms with Crippen molar-refractivity contribution < 1.29 is 22.4 Å². The van der Waals surface area contributed by atoms with Crippen LogP contribution in [0.15, 0.2) is 90.0 Å². The Labute approximate surface area is 187 Å². The highest BCUT2D eigenvalue weighted by atomic mass is 32.2. The van der Waals surface area contributed by atoms with Crippen LogP contribution in [0.3, 0.4) is 0 Å². The highest BCUT2D eigenvalue weighted by Gasteiger charge is 2.27. The minimum atomic E-state index is -4.00. The Morgan fingerprint density at radius 3 is 2.38 bits per heavy atom. The summed E-state index contributed by atoms with van der Waals surface area (Å²) in [5, 5.41) is 12.1. The minimum absolute atomic E-state index is 0.0581. The van der Waals surface area contributed by atoms with E-state index in [4.69, 9.17) is 8.92 Å². The van der Waals surface area contributed by atoms with Gasteiger partial charge in [0.05, 0.1) is 30.2 Å². The number of fused-ring (bicyclic) bond motifs is 1. The number of hydrogen-bond donors (Lipinski definition) is 1. The van der Waals surface area contributed by atoms with Crippen LogP contribution in [0.1, 0.15) is 17.2 Å². The normalized spacial score (nSPS) is 13.7. The Morgan fingerprint density at radius 1 is 0.969 bits per heavy atom. The maximum Gasteiger partial charge on any atom is 0.297 e. The van der Waals surface area contributed by atoms with E-state index in [2.05, 4.69) is 0 Å². The predicted molar refractivity (Wildman–Crippen MR) is 123 cm³/mol. The number of hydrogen-bond acceptors (Lipinski definition) is 5. The number of aliphatic hydroxyl groups is 1. The Hall–Kier alpha value is -3.13. The first-order valence-electron chi connectivity index (χ1n) is 10.2. The molecule has 2 unspecified atom stereocenters. The number of ether oxygens (including phenoxy) is 1. The van der Waals surface area contributed by atoms with Crippen molar-refractivity contribution in [3.8, 4) is 5.75 Å². The smallest absolute Gasteiger partial charge is 0.297 e. The molecule has 0 aliphatic carbocycles. The van der Waals surface area contributed by atoms with Gasteiger partial charge in [-0.2, -0.15) is 8.42 Å². The fraction of sp³-hybridized carbons (Fsp3) is 0.200. The SMILES string of the molecule is COc1ccc2ccn(C(c3ccccc3)C(O)COS(=O)(=O)c3ccc(C)cc3)c2c1. The Balaban J connectivity index is 1.67. The summed E-state index contributed by atoms with van der Waals surface area (Å²) in [4.78, 5) is 0.0581. The molecule has 0 saturated heterocycles. The Kier molecular flexibility index (Phi) is 6.32. The van der Waals surface area contributed by atoms with Gasteiger partial charge in [0.15, 0.2) is 0 Å². The van der Waals surface area contributed by atoms with Crippen molar-refractivity contribution in [3.63, 3.8) is 0 Å². The van der Waals surface area contributed by atoms with Crippen LogP contribution in [-0.2, 0) is 14.3 Å². The molecule has 0 aliphatic heterocycles. The number of aromatic nitrogens is 1.